The van der Waals surface area contributed by atoms with Crippen LogP contribution in [0.15, 0.2) is 18.2 Å². The number of carbonyl (C=O) groups excluding carboxylic acids is 1. The molecule has 18 heavy (non-hydrogen) atoms. The predicted octanol–water partition coefficient (Wildman–Crippen LogP) is 1.97. The molecule has 0 bridgehead atoms. The summed E-state index contributed by atoms with van der Waals surface area (Å²) < 4.78 is 0. The number of rotatable bonds is 2. The molecular formula is C15H21NO2. The summed E-state index contributed by atoms with van der Waals surface area (Å²) in [5, 5.41) is 8.97. The van der Waals surface area contributed by atoms with Gasteiger partial charge >= 0.3 is 0 Å². The van der Waals surface area contributed by atoms with Crippen LogP contribution in [0.1, 0.15) is 42.3 Å². The van der Waals surface area contributed by atoms with Gasteiger partial charge in [-0.3, -0.25) is 4.79 Å². The van der Waals surface area contributed by atoms with Crippen molar-refractivity contribution in [3.05, 3.63) is 34.9 Å². The third-order valence-electron chi connectivity index (χ3n) is 3.51. The molecule has 1 amide bonds. The fourth-order valence-corrected chi connectivity index (χ4v) is 2.32. The number of amides is 1. The molecule has 1 N–H and O–H groups in total. The summed E-state index contributed by atoms with van der Waals surface area (Å²) >= 11 is 0. The molecule has 2 rings (SSSR count). The summed E-state index contributed by atoms with van der Waals surface area (Å²) in [5.41, 5.74) is 3.17. The number of carbonyl (C=O) groups is 1. The van der Waals surface area contributed by atoms with Crippen molar-refractivity contribution in [1.29, 1.82) is 0 Å². The van der Waals surface area contributed by atoms with E-state index in [1.807, 2.05) is 6.07 Å². The Balaban J connectivity index is 2.37. The van der Waals surface area contributed by atoms with Crippen molar-refractivity contribution >= 4 is 5.91 Å². The second-order valence-corrected chi connectivity index (χ2v) is 5.89. The predicted molar refractivity (Wildman–Crippen MR) is 71.8 cm³/mol. The van der Waals surface area contributed by atoms with Crippen molar-refractivity contribution in [2.24, 2.45) is 0 Å². The lowest BCUT2D eigenvalue weighted by Crippen LogP contribution is -2.39. The van der Waals surface area contributed by atoms with Crippen LogP contribution in [-0.4, -0.2) is 35.6 Å². The summed E-state index contributed by atoms with van der Waals surface area (Å²) in [6, 6.07) is 6.21. The van der Waals surface area contributed by atoms with Crippen molar-refractivity contribution in [3.63, 3.8) is 0 Å². The van der Waals surface area contributed by atoms with E-state index in [4.69, 9.17) is 5.11 Å². The van der Waals surface area contributed by atoms with Crippen LogP contribution in [0.2, 0.25) is 0 Å². The van der Waals surface area contributed by atoms with Gasteiger partial charge in [-0.2, -0.15) is 0 Å². The van der Waals surface area contributed by atoms with Gasteiger partial charge in [0.05, 0.1) is 6.61 Å². The molecule has 3 heteroatoms. The highest BCUT2D eigenvalue weighted by atomic mass is 16.3. The average Bonchev–Trinajstić information content (AvgIpc) is 2.31. The van der Waals surface area contributed by atoms with Crippen molar-refractivity contribution < 1.29 is 9.90 Å². The molecule has 1 aliphatic rings. The molecule has 1 aromatic rings. The van der Waals surface area contributed by atoms with Gasteiger partial charge in [0.15, 0.2) is 0 Å². The topological polar surface area (TPSA) is 40.5 Å². The number of nitrogens with zero attached hydrogens (tertiary/aromatic N) is 1. The van der Waals surface area contributed by atoms with Crippen molar-refractivity contribution in [1.82, 2.24) is 4.90 Å². The van der Waals surface area contributed by atoms with Gasteiger partial charge in [-0.15, -0.1) is 0 Å². The third-order valence-corrected chi connectivity index (χ3v) is 3.51. The van der Waals surface area contributed by atoms with Crippen molar-refractivity contribution in [2.75, 3.05) is 19.7 Å². The van der Waals surface area contributed by atoms with E-state index in [2.05, 4.69) is 32.9 Å². The first-order chi connectivity index (χ1) is 8.43. The highest BCUT2D eigenvalue weighted by Gasteiger charge is 2.25. The van der Waals surface area contributed by atoms with Gasteiger partial charge in [0.2, 0.25) is 0 Å². The lowest BCUT2D eigenvalue weighted by molar-refractivity contribution is 0.0705. The Morgan fingerprint density at radius 1 is 1.33 bits per heavy atom. The van der Waals surface area contributed by atoms with Gasteiger partial charge in [-0.05, 0) is 29.0 Å². The first-order valence-corrected chi connectivity index (χ1v) is 6.47. The minimum absolute atomic E-state index is 0.0278. The first-order valence-electron chi connectivity index (χ1n) is 6.47. The Morgan fingerprint density at radius 2 is 2.06 bits per heavy atom. The molecule has 0 radical (unpaired) electrons. The molecule has 0 aliphatic carbocycles. The smallest absolute Gasteiger partial charge is 0.254 e. The highest BCUT2D eigenvalue weighted by molar-refractivity contribution is 5.97. The molecule has 0 spiro atoms. The molecule has 0 unspecified atom stereocenters. The number of hydrogen-bond donors (Lipinski definition) is 1. The molecule has 0 saturated carbocycles. The maximum Gasteiger partial charge on any atom is 0.254 e. The van der Waals surface area contributed by atoms with Gasteiger partial charge in [0.25, 0.3) is 5.91 Å². The normalized spacial score (nSPS) is 15.8. The van der Waals surface area contributed by atoms with Gasteiger partial charge in [-0.1, -0.05) is 32.9 Å². The number of aliphatic hydroxyl groups excluding tert-OH is 1. The van der Waals surface area contributed by atoms with Gasteiger partial charge in [0, 0.05) is 18.7 Å². The van der Waals surface area contributed by atoms with E-state index in [1.165, 1.54) is 5.56 Å². The zero-order valence-corrected chi connectivity index (χ0v) is 11.4. The van der Waals surface area contributed by atoms with Gasteiger partial charge < -0.3 is 10.0 Å². The second kappa shape index (κ2) is 4.73. The van der Waals surface area contributed by atoms with Gasteiger partial charge in [0.1, 0.15) is 0 Å². The average molecular weight is 247 g/mol. The molecule has 1 aliphatic heterocycles. The van der Waals surface area contributed by atoms with E-state index >= 15 is 0 Å². The molecule has 1 heterocycles. The Labute approximate surface area is 108 Å². The molecule has 0 fully saturated rings. The summed E-state index contributed by atoms with van der Waals surface area (Å²) in [7, 11) is 0. The van der Waals surface area contributed by atoms with E-state index in [1.54, 1.807) is 4.90 Å². The largest absolute Gasteiger partial charge is 0.395 e. The molecule has 1 aromatic carbocycles. The fourth-order valence-electron chi connectivity index (χ4n) is 2.32. The van der Waals surface area contributed by atoms with E-state index < -0.39 is 0 Å². The van der Waals surface area contributed by atoms with Crippen molar-refractivity contribution in [2.45, 2.75) is 32.6 Å². The first kappa shape index (κ1) is 13.1. The molecule has 0 aromatic heterocycles. The minimum Gasteiger partial charge on any atom is -0.395 e. The molecule has 98 valence electrons. The van der Waals surface area contributed by atoms with Crippen LogP contribution in [0, 0.1) is 0 Å². The minimum atomic E-state index is 0.0278. The zero-order valence-electron chi connectivity index (χ0n) is 11.4. The maximum absolute atomic E-state index is 12.3. The maximum atomic E-state index is 12.3. The van der Waals surface area contributed by atoms with Crippen LogP contribution in [-0.2, 0) is 11.8 Å². The van der Waals surface area contributed by atoms with Crippen LogP contribution in [0.25, 0.3) is 0 Å². The number of aliphatic hydroxyl groups is 1. The zero-order chi connectivity index (χ0) is 13.3. The quantitative estimate of drug-likeness (QED) is 0.868. The summed E-state index contributed by atoms with van der Waals surface area (Å²) in [5.74, 6) is 0.0522. The van der Waals surface area contributed by atoms with E-state index in [9.17, 15) is 4.79 Å². The fraction of sp³-hybridized carbons (Fsp3) is 0.533. The van der Waals surface area contributed by atoms with E-state index in [0.29, 0.717) is 13.1 Å². The summed E-state index contributed by atoms with van der Waals surface area (Å²) in [6.45, 7) is 7.61. The Morgan fingerprint density at radius 3 is 2.67 bits per heavy atom. The monoisotopic (exact) mass is 247 g/mol. The SMILES string of the molecule is CC(C)(C)c1ccc2c(c1)C(=O)N(CCO)CC2. The number of β-amino-alcohol motifs (C(OH)–C–C–N with tert-alkyl or cyclic N) is 1. The third kappa shape index (κ3) is 2.41. The molecule has 0 saturated heterocycles. The summed E-state index contributed by atoms with van der Waals surface area (Å²) in [6.07, 6.45) is 0.880. The number of fused-ring (bicyclic) bond motifs is 1. The Hall–Kier alpha value is -1.35. The highest BCUT2D eigenvalue weighted by Crippen LogP contribution is 2.27. The lowest BCUT2D eigenvalue weighted by Gasteiger charge is -2.29. The van der Waals surface area contributed by atoms with E-state index in [0.717, 1.165) is 17.5 Å². The van der Waals surface area contributed by atoms with Crippen molar-refractivity contribution in [3.8, 4) is 0 Å². The van der Waals surface area contributed by atoms with Crippen LogP contribution in [0.4, 0.5) is 0 Å². The molecular weight excluding hydrogens is 226 g/mol. The molecule has 3 nitrogen and oxygen atoms in total. The lowest BCUT2D eigenvalue weighted by atomic mass is 9.84. The van der Waals surface area contributed by atoms with E-state index in [-0.39, 0.29) is 17.9 Å². The van der Waals surface area contributed by atoms with Gasteiger partial charge in [-0.25, -0.2) is 0 Å². The number of hydrogen-bond acceptors (Lipinski definition) is 2. The molecule has 0 atom stereocenters. The second-order valence-electron chi connectivity index (χ2n) is 5.89. The van der Waals surface area contributed by atoms with Crippen LogP contribution in [0.3, 0.4) is 0 Å². The standard InChI is InChI=1S/C15H21NO2/c1-15(2,3)12-5-4-11-6-7-16(8-9-17)14(18)13(11)10-12/h4-5,10,17H,6-9H2,1-3H3. The Kier molecular flexibility index (Phi) is 3.44. The van der Waals surface area contributed by atoms with Crippen LogP contribution >= 0.6 is 0 Å². The summed E-state index contributed by atoms with van der Waals surface area (Å²) in [4.78, 5) is 14.0. The van der Waals surface area contributed by atoms with Crippen LogP contribution in [0.5, 0.6) is 0 Å². The Bertz CT molecular complexity index is 460. The number of benzene rings is 1. The van der Waals surface area contributed by atoms with Crippen LogP contribution < -0.4 is 0 Å².